The van der Waals surface area contributed by atoms with Gasteiger partial charge in [0.25, 0.3) is 0 Å². The van der Waals surface area contributed by atoms with Crippen LogP contribution in [-0.2, 0) is 24.2 Å². The molecule has 1 amide bonds. The number of amides is 1. The SMILES string of the molecule is COc1ccc(C(OC[C@H]2O[C@@H](n3ccc(NC(=O)c4ccccc4)nc3=O)C[C@@H]2O[P@](C)(=O)[Se]C)(c2ccccc2)c2ccc(OC)cc2)cc1. The van der Waals surface area contributed by atoms with Gasteiger partial charge in [0.2, 0.25) is 0 Å². The Morgan fingerprint density at radius 3 is 1.98 bits per heavy atom. The van der Waals surface area contributed by atoms with E-state index in [9.17, 15) is 14.2 Å². The predicted molar refractivity (Wildman–Crippen MR) is 200 cm³/mol. The van der Waals surface area contributed by atoms with E-state index in [1.54, 1.807) is 51.2 Å². The molecule has 0 radical (unpaired) electrons. The minimum absolute atomic E-state index is 0.0121. The van der Waals surface area contributed by atoms with E-state index < -0.39 is 35.8 Å². The minimum atomic E-state index is -2.95. The Morgan fingerprint density at radius 1 is 0.885 bits per heavy atom. The third-order valence-corrected chi connectivity index (χ3v) is 14.9. The number of benzene rings is 4. The molecule has 1 N–H and O–H groups in total. The molecule has 0 spiro atoms. The van der Waals surface area contributed by atoms with Gasteiger partial charge in [-0.3, -0.25) is 0 Å². The van der Waals surface area contributed by atoms with Gasteiger partial charge in [0, 0.05) is 0 Å². The fourth-order valence-corrected chi connectivity index (χ4v) is 8.22. The van der Waals surface area contributed by atoms with E-state index in [1.165, 1.54) is 10.8 Å². The van der Waals surface area contributed by atoms with Crippen molar-refractivity contribution < 1.29 is 32.8 Å². The summed E-state index contributed by atoms with van der Waals surface area (Å²) in [4.78, 5) is 30.1. The molecule has 1 aliphatic rings. The molecule has 4 atom stereocenters. The van der Waals surface area contributed by atoms with Gasteiger partial charge in [0.05, 0.1) is 14.2 Å². The van der Waals surface area contributed by atoms with Crippen molar-refractivity contribution in [1.82, 2.24) is 9.55 Å². The van der Waals surface area contributed by atoms with Crippen LogP contribution in [0, 0.1) is 0 Å². The normalized spacial score (nSPS) is 18.3. The summed E-state index contributed by atoms with van der Waals surface area (Å²) in [5.41, 5.74) is 1.22. The molecule has 0 aliphatic carbocycles. The van der Waals surface area contributed by atoms with Crippen LogP contribution in [0.25, 0.3) is 0 Å². The second kappa shape index (κ2) is 16.4. The summed E-state index contributed by atoms with van der Waals surface area (Å²) in [6.07, 6.45) is -0.423. The van der Waals surface area contributed by atoms with Gasteiger partial charge in [-0.15, -0.1) is 0 Å². The maximum atomic E-state index is 13.4. The predicted octanol–water partition coefficient (Wildman–Crippen LogP) is 6.77. The second-order valence-corrected chi connectivity index (χ2v) is 20.7. The van der Waals surface area contributed by atoms with Gasteiger partial charge in [-0.2, -0.15) is 0 Å². The van der Waals surface area contributed by atoms with E-state index in [0.29, 0.717) is 17.1 Å². The molecule has 1 saturated heterocycles. The molecule has 2 heterocycles. The van der Waals surface area contributed by atoms with Crippen molar-refractivity contribution in [2.24, 2.45) is 0 Å². The van der Waals surface area contributed by atoms with E-state index in [4.69, 9.17) is 23.5 Å². The molecule has 13 heteroatoms. The van der Waals surface area contributed by atoms with E-state index in [-0.39, 0.29) is 39.3 Å². The molecule has 1 fully saturated rings. The number of carbonyl (C=O) groups is 1. The zero-order chi connectivity index (χ0) is 36.7. The Balaban J connectivity index is 1.34. The zero-order valence-corrected chi connectivity index (χ0v) is 31.8. The van der Waals surface area contributed by atoms with Crippen molar-refractivity contribution in [2.75, 3.05) is 32.8 Å². The average Bonchev–Trinajstić information content (AvgIpc) is 3.57. The number of aromatic nitrogens is 2. The molecule has 6 rings (SSSR count). The van der Waals surface area contributed by atoms with Crippen LogP contribution in [0.3, 0.4) is 0 Å². The van der Waals surface area contributed by atoms with Crippen molar-refractivity contribution in [3.05, 3.63) is 154 Å². The molecule has 52 heavy (non-hydrogen) atoms. The van der Waals surface area contributed by atoms with Gasteiger partial charge < -0.3 is 0 Å². The summed E-state index contributed by atoms with van der Waals surface area (Å²) in [5.74, 6) is 2.99. The van der Waals surface area contributed by atoms with Gasteiger partial charge in [-0.1, -0.05) is 18.2 Å². The van der Waals surface area contributed by atoms with Crippen LogP contribution in [-0.4, -0.2) is 69.7 Å². The van der Waals surface area contributed by atoms with Gasteiger partial charge in [-0.05, 0) is 12.1 Å². The summed E-state index contributed by atoms with van der Waals surface area (Å²) in [7, 11) is 3.24. The Kier molecular flexibility index (Phi) is 11.8. The van der Waals surface area contributed by atoms with Crippen molar-refractivity contribution in [3.8, 4) is 11.5 Å². The van der Waals surface area contributed by atoms with Crippen LogP contribution in [0.2, 0.25) is 5.82 Å². The van der Waals surface area contributed by atoms with Gasteiger partial charge in [0.1, 0.15) is 0 Å². The average molecular weight is 789 g/mol. The molecule has 4 aromatic carbocycles. The number of hydrogen-bond acceptors (Lipinski definition) is 9. The molecular formula is C39H40N3O8PSe. The van der Waals surface area contributed by atoms with Gasteiger partial charge >= 0.3 is 265 Å². The maximum absolute atomic E-state index is 13.4. The Labute approximate surface area is 308 Å². The van der Waals surface area contributed by atoms with Crippen LogP contribution in [0.5, 0.6) is 11.5 Å². The van der Waals surface area contributed by atoms with E-state index in [1.807, 2.05) is 90.8 Å². The molecule has 270 valence electrons. The Hall–Kier alpha value is -4.54. The van der Waals surface area contributed by atoms with Gasteiger partial charge in [0.15, 0.2) is 0 Å². The first-order chi connectivity index (χ1) is 25.2. The molecular weight excluding hydrogens is 748 g/mol. The standard InChI is InChI=1S/C39H40N3O8PSe/c1-46-31-19-15-29(16-20-31)39(28-13-9-6-10-14-28,30-17-21-32(47-2)22-18-30)48-26-34-33(50-51(3,45)52-4)25-36(49-34)42-24-23-35(41-38(42)44)40-37(43)27-11-7-5-8-12-27/h5-24,33-34,36H,25-26H2,1-4H3,(H,40,41,43,44)/t33-,34+,36+,51-/m0/s1. The first-order valence-electron chi connectivity index (χ1n) is 16.6. The van der Waals surface area contributed by atoms with E-state index in [0.717, 1.165) is 16.7 Å². The van der Waals surface area contributed by atoms with Gasteiger partial charge in [-0.25, -0.2) is 0 Å². The van der Waals surface area contributed by atoms with E-state index in [2.05, 4.69) is 10.3 Å². The first kappa shape index (κ1) is 37.2. The van der Waals surface area contributed by atoms with Crippen LogP contribution < -0.4 is 20.5 Å². The number of methoxy groups -OCH3 is 2. The molecule has 0 unspecified atom stereocenters. The fourth-order valence-electron chi connectivity index (χ4n) is 6.18. The number of nitrogens with zero attached hydrogens (tertiary/aromatic N) is 2. The number of rotatable bonds is 14. The monoisotopic (exact) mass is 789 g/mol. The van der Waals surface area contributed by atoms with Crippen molar-refractivity contribution in [2.45, 2.75) is 36.3 Å². The number of anilines is 1. The molecule has 0 saturated carbocycles. The fraction of sp³-hybridized carbons (Fsp3) is 0.256. The van der Waals surface area contributed by atoms with Crippen molar-refractivity contribution in [1.29, 1.82) is 0 Å². The van der Waals surface area contributed by atoms with Crippen LogP contribution in [0.15, 0.2) is 126 Å². The summed E-state index contributed by atoms with van der Waals surface area (Å²) in [6, 6.07) is 32.5. The van der Waals surface area contributed by atoms with Crippen LogP contribution >= 0.6 is 6.06 Å². The molecule has 1 aliphatic heterocycles. The Morgan fingerprint density at radius 2 is 1.44 bits per heavy atom. The Bertz CT molecular complexity index is 2020. The number of ether oxygens (including phenoxy) is 4. The van der Waals surface area contributed by atoms with Crippen molar-refractivity contribution in [3.63, 3.8) is 0 Å². The summed E-state index contributed by atoms with van der Waals surface area (Å²) in [5, 5.41) is 2.67. The molecule has 5 aromatic rings. The van der Waals surface area contributed by atoms with Crippen LogP contribution in [0.1, 0.15) is 39.7 Å². The topological polar surface area (TPSA) is 127 Å². The summed E-state index contributed by atoms with van der Waals surface area (Å²) in [6.45, 7) is 1.64. The molecule has 11 nitrogen and oxygen atoms in total. The molecule has 0 bridgehead atoms. The summed E-state index contributed by atoms with van der Waals surface area (Å²) >= 11 is -0.284. The second-order valence-electron chi connectivity index (χ2n) is 12.1. The first-order valence-corrected chi connectivity index (χ1v) is 22.6. The third kappa shape index (κ3) is 8.23. The quantitative estimate of drug-likeness (QED) is 0.0737. The number of nitrogens with one attached hydrogen (secondary N) is 1. The van der Waals surface area contributed by atoms with Crippen LogP contribution in [0.4, 0.5) is 5.82 Å². The summed E-state index contributed by atoms with van der Waals surface area (Å²) < 4.78 is 45.6. The molecule has 1 aromatic heterocycles. The van der Waals surface area contributed by atoms with E-state index >= 15 is 0 Å². The van der Waals surface area contributed by atoms with Crippen molar-refractivity contribution >= 4 is 32.3 Å². The number of hydrogen-bond donors (Lipinski definition) is 1. The number of carbonyl (C=O) groups excluding carboxylic acids is 1. The zero-order valence-electron chi connectivity index (χ0n) is 29.2. The third-order valence-electron chi connectivity index (χ3n) is 8.89.